The van der Waals surface area contributed by atoms with Gasteiger partial charge in [-0.2, -0.15) is 0 Å². The lowest BCUT2D eigenvalue weighted by molar-refractivity contribution is -0.141. The van der Waals surface area contributed by atoms with Crippen molar-refractivity contribution >= 4 is 22.6 Å². The fourth-order valence-corrected chi connectivity index (χ4v) is 6.51. The molecule has 0 saturated carbocycles. The molecule has 0 radical (unpaired) electrons. The standard InChI is InChI=1S/C31H43N3O3S/c1-23(35)32-17-15-24(16-18-32)21-29(36)34-20-19-33(22-28(34)31(2,3)4)30(25-9-7-6-8-10-25)26-11-13-27(14-12-26)38(5)37/h6-14,24,28,30H,15-22H2,1-5H3/t28-,30?,38?/m1/s1. The Balaban J connectivity index is 1.53. The van der Waals surface area contributed by atoms with Gasteiger partial charge in [0.05, 0.1) is 6.04 Å². The molecule has 0 bridgehead atoms. The quantitative estimate of drug-likeness (QED) is 0.535. The highest BCUT2D eigenvalue weighted by molar-refractivity contribution is 7.84. The first-order valence-corrected chi connectivity index (χ1v) is 15.4. The zero-order valence-corrected chi connectivity index (χ0v) is 24.4. The third kappa shape index (κ3) is 6.73. The number of piperidine rings is 1. The summed E-state index contributed by atoms with van der Waals surface area (Å²) in [4.78, 5) is 32.7. The average Bonchev–Trinajstić information content (AvgIpc) is 2.89. The lowest BCUT2D eigenvalue weighted by Crippen LogP contribution is -2.60. The molecule has 2 aromatic carbocycles. The summed E-state index contributed by atoms with van der Waals surface area (Å²) in [6.07, 6.45) is 4.08. The van der Waals surface area contributed by atoms with Crippen molar-refractivity contribution in [2.75, 3.05) is 39.0 Å². The van der Waals surface area contributed by atoms with Gasteiger partial charge >= 0.3 is 0 Å². The maximum atomic E-state index is 13.7. The van der Waals surface area contributed by atoms with Crippen LogP contribution in [0.5, 0.6) is 0 Å². The summed E-state index contributed by atoms with van der Waals surface area (Å²) in [7, 11) is -1.01. The van der Waals surface area contributed by atoms with Crippen LogP contribution in [0.15, 0.2) is 59.5 Å². The number of rotatable bonds is 6. The summed E-state index contributed by atoms with van der Waals surface area (Å²) < 4.78 is 12.0. The lowest BCUT2D eigenvalue weighted by atomic mass is 9.82. The van der Waals surface area contributed by atoms with Crippen molar-refractivity contribution in [1.82, 2.24) is 14.7 Å². The summed E-state index contributed by atoms with van der Waals surface area (Å²) in [6.45, 7) is 12.1. The van der Waals surface area contributed by atoms with Crippen LogP contribution in [0.2, 0.25) is 0 Å². The van der Waals surface area contributed by atoms with E-state index in [2.05, 4.69) is 67.0 Å². The lowest BCUT2D eigenvalue weighted by Gasteiger charge is -2.50. The molecule has 2 aliphatic heterocycles. The molecule has 2 heterocycles. The Bertz CT molecular complexity index is 1120. The van der Waals surface area contributed by atoms with Crippen LogP contribution >= 0.6 is 0 Å². The molecule has 7 heteroatoms. The van der Waals surface area contributed by atoms with Gasteiger partial charge in [0.1, 0.15) is 0 Å². The van der Waals surface area contributed by atoms with Crippen LogP contribution in [0.3, 0.4) is 0 Å². The monoisotopic (exact) mass is 537 g/mol. The first kappa shape index (κ1) is 28.5. The molecule has 0 aromatic heterocycles. The largest absolute Gasteiger partial charge is 0.343 e. The minimum absolute atomic E-state index is 0.0635. The molecule has 2 fully saturated rings. The Morgan fingerprint density at radius 2 is 1.53 bits per heavy atom. The second kappa shape index (κ2) is 12.1. The Morgan fingerprint density at radius 1 is 0.921 bits per heavy atom. The minimum Gasteiger partial charge on any atom is -0.343 e. The first-order chi connectivity index (χ1) is 18.0. The Labute approximate surface area is 230 Å². The van der Waals surface area contributed by atoms with E-state index in [1.165, 1.54) is 11.1 Å². The van der Waals surface area contributed by atoms with Gasteiger partial charge < -0.3 is 9.80 Å². The van der Waals surface area contributed by atoms with Gasteiger partial charge in [0.15, 0.2) is 0 Å². The average molecular weight is 538 g/mol. The number of carbonyl (C=O) groups excluding carboxylic acids is 2. The normalized spacial score (nSPS) is 21.2. The number of likely N-dealkylation sites (tertiary alicyclic amines) is 1. The van der Waals surface area contributed by atoms with Crippen LogP contribution < -0.4 is 0 Å². The third-order valence-electron chi connectivity index (χ3n) is 8.26. The number of piperazine rings is 1. The van der Waals surface area contributed by atoms with Crippen molar-refractivity contribution in [3.05, 3.63) is 65.7 Å². The van der Waals surface area contributed by atoms with Crippen molar-refractivity contribution in [3.8, 4) is 0 Å². The topological polar surface area (TPSA) is 60.9 Å². The van der Waals surface area contributed by atoms with Gasteiger partial charge in [-0.05, 0) is 47.4 Å². The Morgan fingerprint density at radius 3 is 2.08 bits per heavy atom. The smallest absolute Gasteiger partial charge is 0.223 e. The maximum Gasteiger partial charge on any atom is 0.223 e. The molecule has 0 aliphatic carbocycles. The van der Waals surface area contributed by atoms with E-state index in [0.29, 0.717) is 18.9 Å². The third-order valence-corrected chi connectivity index (χ3v) is 9.20. The number of nitrogens with zero attached hydrogens (tertiary/aromatic N) is 3. The molecule has 0 N–H and O–H groups in total. The summed E-state index contributed by atoms with van der Waals surface area (Å²) in [5.41, 5.74) is 2.33. The van der Waals surface area contributed by atoms with Crippen molar-refractivity contribution in [1.29, 1.82) is 0 Å². The van der Waals surface area contributed by atoms with Crippen LogP contribution in [0.25, 0.3) is 0 Å². The summed E-state index contributed by atoms with van der Waals surface area (Å²) in [5, 5.41) is 0. The van der Waals surface area contributed by atoms with Crippen molar-refractivity contribution in [2.24, 2.45) is 11.3 Å². The Hall–Kier alpha value is -2.51. The summed E-state index contributed by atoms with van der Waals surface area (Å²) in [6, 6.07) is 18.9. The molecule has 206 valence electrons. The van der Waals surface area contributed by atoms with Crippen LogP contribution in [0.1, 0.15) is 64.1 Å². The second-order valence-corrected chi connectivity index (χ2v) is 13.3. The van der Waals surface area contributed by atoms with Gasteiger partial charge in [0, 0.05) is 74.1 Å². The van der Waals surface area contributed by atoms with Crippen LogP contribution in [0.4, 0.5) is 0 Å². The zero-order valence-electron chi connectivity index (χ0n) is 23.6. The summed E-state index contributed by atoms with van der Waals surface area (Å²) >= 11 is 0. The first-order valence-electron chi connectivity index (χ1n) is 13.8. The van der Waals surface area contributed by atoms with Gasteiger partial charge in [-0.3, -0.25) is 18.7 Å². The molecular weight excluding hydrogens is 494 g/mol. The number of hydrogen-bond acceptors (Lipinski definition) is 4. The number of carbonyl (C=O) groups is 2. The Kier molecular flexibility index (Phi) is 9.09. The van der Waals surface area contributed by atoms with Gasteiger partial charge in [0.25, 0.3) is 0 Å². The van der Waals surface area contributed by atoms with E-state index in [-0.39, 0.29) is 29.3 Å². The number of amides is 2. The van der Waals surface area contributed by atoms with Crippen LogP contribution in [0, 0.1) is 11.3 Å². The highest BCUT2D eigenvalue weighted by Gasteiger charge is 2.40. The fourth-order valence-electron chi connectivity index (χ4n) is 5.99. The molecule has 38 heavy (non-hydrogen) atoms. The second-order valence-electron chi connectivity index (χ2n) is 12.0. The molecule has 2 aromatic rings. The zero-order chi connectivity index (χ0) is 27.4. The van der Waals surface area contributed by atoms with Gasteiger partial charge in [0.2, 0.25) is 11.8 Å². The van der Waals surface area contributed by atoms with E-state index in [1.807, 2.05) is 23.1 Å². The van der Waals surface area contributed by atoms with Gasteiger partial charge in [-0.15, -0.1) is 0 Å². The molecule has 0 spiro atoms. The number of hydrogen-bond donors (Lipinski definition) is 0. The van der Waals surface area contributed by atoms with E-state index in [4.69, 9.17) is 0 Å². The summed E-state index contributed by atoms with van der Waals surface area (Å²) in [5.74, 6) is 0.720. The molecule has 2 unspecified atom stereocenters. The van der Waals surface area contributed by atoms with Crippen molar-refractivity contribution < 1.29 is 13.8 Å². The van der Waals surface area contributed by atoms with Crippen molar-refractivity contribution in [3.63, 3.8) is 0 Å². The molecule has 4 rings (SSSR count). The molecule has 3 atom stereocenters. The van der Waals surface area contributed by atoms with Crippen LogP contribution in [-0.2, 0) is 20.4 Å². The SMILES string of the molecule is CC(=O)N1CCC(CC(=O)N2CCN(C(c3ccccc3)c3ccc(S(C)=O)cc3)C[C@@H]2C(C)(C)C)CC1. The van der Waals surface area contributed by atoms with Gasteiger partial charge in [-0.1, -0.05) is 63.2 Å². The molecule has 2 saturated heterocycles. The maximum absolute atomic E-state index is 13.7. The molecule has 6 nitrogen and oxygen atoms in total. The predicted octanol–water partition coefficient (Wildman–Crippen LogP) is 4.72. The van der Waals surface area contributed by atoms with Crippen LogP contribution in [-0.4, -0.2) is 75.7 Å². The fraction of sp³-hybridized carbons (Fsp3) is 0.548. The van der Waals surface area contributed by atoms with Gasteiger partial charge in [-0.25, -0.2) is 0 Å². The molecule has 2 amide bonds. The predicted molar refractivity (Wildman–Crippen MR) is 153 cm³/mol. The molecule has 2 aliphatic rings. The van der Waals surface area contributed by atoms with Crippen molar-refractivity contribution in [2.45, 2.75) is 63.9 Å². The van der Waals surface area contributed by atoms with E-state index < -0.39 is 10.8 Å². The number of benzene rings is 2. The van der Waals surface area contributed by atoms with E-state index >= 15 is 0 Å². The van der Waals surface area contributed by atoms with E-state index in [9.17, 15) is 13.8 Å². The van der Waals surface area contributed by atoms with E-state index in [1.54, 1.807) is 13.2 Å². The highest BCUT2D eigenvalue weighted by Crippen LogP contribution is 2.36. The molecular formula is C31H43N3O3S. The van der Waals surface area contributed by atoms with E-state index in [0.717, 1.165) is 43.9 Å². The highest BCUT2D eigenvalue weighted by atomic mass is 32.2. The minimum atomic E-state index is -1.01.